The van der Waals surface area contributed by atoms with Crippen molar-refractivity contribution in [2.24, 2.45) is 0 Å². The van der Waals surface area contributed by atoms with Crippen molar-refractivity contribution in [3.05, 3.63) is 73.8 Å². The molecule has 1 amide bonds. The molecule has 8 heteroatoms. The molecule has 0 atom stereocenters. The number of carbonyl (C=O) groups is 1. The van der Waals surface area contributed by atoms with Crippen LogP contribution < -0.4 is 5.32 Å². The molecule has 23 heavy (non-hydrogen) atoms. The van der Waals surface area contributed by atoms with E-state index in [2.05, 4.69) is 5.32 Å². The van der Waals surface area contributed by atoms with E-state index in [-0.39, 0.29) is 22.5 Å². The van der Waals surface area contributed by atoms with Crippen molar-refractivity contribution in [3.8, 4) is 0 Å². The van der Waals surface area contributed by atoms with Gasteiger partial charge >= 0.3 is 0 Å². The summed E-state index contributed by atoms with van der Waals surface area (Å²) in [6.45, 7) is 0. The van der Waals surface area contributed by atoms with Gasteiger partial charge in [-0.25, -0.2) is 0 Å². The van der Waals surface area contributed by atoms with E-state index in [0.29, 0.717) is 11.3 Å². The van der Waals surface area contributed by atoms with Crippen LogP contribution in [0.25, 0.3) is 11.6 Å². The zero-order chi connectivity index (χ0) is 16.6. The van der Waals surface area contributed by atoms with Crippen LogP contribution in [0, 0.1) is 20.2 Å². The van der Waals surface area contributed by atoms with Crippen molar-refractivity contribution in [1.29, 1.82) is 0 Å². The second-order valence-electron chi connectivity index (χ2n) is 4.82. The molecule has 0 fully saturated rings. The number of nitro benzene ring substituents is 2. The minimum atomic E-state index is -0.564. The van der Waals surface area contributed by atoms with Gasteiger partial charge < -0.3 is 5.32 Å². The van der Waals surface area contributed by atoms with Crippen molar-refractivity contribution in [2.45, 2.75) is 0 Å². The van der Waals surface area contributed by atoms with Crippen LogP contribution in [0.3, 0.4) is 0 Å². The Bertz CT molecular complexity index is 888. The van der Waals surface area contributed by atoms with Crippen LogP contribution in [0.15, 0.2) is 42.5 Å². The number of amides is 1. The first-order chi connectivity index (χ1) is 11.0. The highest BCUT2D eigenvalue weighted by Gasteiger charge is 2.27. The second kappa shape index (κ2) is 5.34. The van der Waals surface area contributed by atoms with Crippen LogP contribution >= 0.6 is 0 Å². The van der Waals surface area contributed by atoms with Gasteiger partial charge in [-0.15, -0.1) is 0 Å². The van der Waals surface area contributed by atoms with E-state index in [0.717, 1.165) is 0 Å². The Morgan fingerprint density at radius 1 is 1.00 bits per heavy atom. The summed E-state index contributed by atoms with van der Waals surface area (Å²) in [6.07, 6.45) is 1.36. The average molecular weight is 311 g/mol. The number of hydrogen-bond acceptors (Lipinski definition) is 5. The minimum Gasteiger partial charge on any atom is -0.321 e. The van der Waals surface area contributed by atoms with Gasteiger partial charge in [0.25, 0.3) is 17.3 Å². The predicted octanol–water partition coefficient (Wildman–Crippen LogP) is 3.00. The fraction of sp³-hybridized carbons (Fsp3) is 0. The Morgan fingerprint density at radius 3 is 2.43 bits per heavy atom. The van der Waals surface area contributed by atoms with Gasteiger partial charge in [0.05, 0.1) is 21.0 Å². The summed E-state index contributed by atoms with van der Waals surface area (Å²) < 4.78 is 0. The normalized spacial score (nSPS) is 14.4. The van der Waals surface area contributed by atoms with E-state index in [9.17, 15) is 25.0 Å². The number of nitrogens with zero attached hydrogens (tertiary/aromatic N) is 2. The van der Waals surface area contributed by atoms with Gasteiger partial charge in [0, 0.05) is 29.4 Å². The van der Waals surface area contributed by atoms with Gasteiger partial charge in [0.2, 0.25) is 0 Å². The number of non-ortho nitro benzene ring substituents is 1. The highest BCUT2D eigenvalue weighted by Crippen LogP contribution is 2.36. The van der Waals surface area contributed by atoms with Crippen LogP contribution in [-0.2, 0) is 4.79 Å². The average Bonchev–Trinajstić information content (AvgIpc) is 2.83. The topological polar surface area (TPSA) is 115 Å². The zero-order valence-corrected chi connectivity index (χ0v) is 11.6. The summed E-state index contributed by atoms with van der Waals surface area (Å²) in [6, 6.07) is 9.96. The molecular weight excluding hydrogens is 302 g/mol. The third-order valence-corrected chi connectivity index (χ3v) is 3.43. The number of benzene rings is 2. The molecule has 2 aromatic rings. The number of anilines is 1. The van der Waals surface area contributed by atoms with E-state index >= 15 is 0 Å². The summed E-state index contributed by atoms with van der Waals surface area (Å²) in [4.78, 5) is 32.9. The van der Waals surface area contributed by atoms with Gasteiger partial charge in [0.15, 0.2) is 0 Å². The first kappa shape index (κ1) is 14.4. The van der Waals surface area contributed by atoms with Crippen LogP contribution in [0.2, 0.25) is 0 Å². The number of para-hydroxylation sites is 1. The molecule has 2 aromatic carbocycles. The van der Waals surface area contributed by atoms with Gasteiger partial charge in [-0.05, 0) is 18.2 Å². The largest absolute Gasteiger partial charge is 0.321 e. The van der Waals surface area contributed by atoms with Crippen LogP contribution in [0.5, 0.6) is 0 Å². The Kier molecular flexibility index (Phi) is 3.34. The maximum Gasteiger partial charge on any atom is 0.276 e. The molecule has 1 heterocycles. The quantitative estimate of drug-likeness (QED) is 0.531. The molecule has 1 N–H and O–H groups in total. The lowest BCUT2D eigenvalue weighted by Gasteiger charge is -2.00. The smallest absolute Gasteiger partial charge is 0.276 e. The van der Waals surface area contributed by atoms with E-state index in [4.69, 9.17) is 0 Å². The molecule has 1 aliphatic rings. The van der Waals surface area contributed by atoms with Crippen molar-refractivity contribution in [2.75, 3.05) is 5.32 Å². The summed E-state index contributed by atoms with van der Waals surface area (Å²) >= 11 is 0. The fourth-order valence-electron chi connectivity index (χ4n) is 2.36. The summed E-state index contributed by atoms with van der Waals surface area (Å²) in [5, 5.41) is 24.5. The molecule has 0 aliphatic carbocycles. The number of nitro groups is 2. The zero-order valence-electron chi connectivity index (χ0n) is 11.6. The highest BCUT2D eigenvalue weighted by atomic mass is 16.6. The molecule has 0 bridgehead atoms. The molecule has 1 aliphatic heterocycles. The summed E-state index contributed by atoms with van der Waals surface area (Å²) in [5.41, 5.74) is 0.883. The molecule has 0 spiro atoms. The van der Waals surface area contributed by atoms with Gasteiger partial charge in [0.1, 0.15) is 0 Å². The summed E-state index contributed by atoms with van der Waals surface area (Å²) in [7, 11) is 0. The van der Waals surface area contributed by atoms with Crippen molar-refractivity contribution in [1.82, 2.24) is 0 Å². The third kappa shape index (κ3) is 2.53. The van der Waals surface area contributed by atoms with E-state index in [1.54, 1.807) is 6.07 Å². The second-order valence-corrected chi connectivity index (χ2v) is 4.82. The first-order valence-corrected chi connectivity index (χ1v) is 6.52. The Hall–Kier alpha value is -3.55. The maximum atomic E-state index is 12.1. The van der Waals surface area contributed by atoms with Crippen molar-refractivity contribution >= 4 is 34.6 Å². The van der Waals surface area contributed by atoms with Crippen LogP contribution in [0.4, 0.5) is 17.1 Å². The van der Waals surface area contributed by atoms with Gasteiger partial charge in [-0.3, -0.25) is 25.0 Å². The Labute approximate surface area is 129 Å². The number of hydrogen-bond donors (Lipinski definition) is 1. The molecule has 0 saturated carbocycles. The first-order valence-electron chi connectivity index (χ1n) is 6.52. The number of fused-ring (bicyclic) bond motifs is 1. The molecule has 3 rings (SSSR count). The van der Waals surface area contributed by atoms with Crippen LogP contribution in [0.1, 0.15) is 11.1 Å². The number of nitrogens with one attached hydrogen (secondary N) is 1. The van der Waals surface area contributed by atoms with Gasteiger partial charge in [-0.2, -0.15) is 0 Å². The molecule has 114 valence electrons. The van der Waals surface area contributed by atoms with Gasteiger partial charge in [-0.1, -0.05) is 12.1 Å². The molecule has 0 radical (unpaired) electrons. The third-order valence-electron chi connectivity index (χ3n) is 3.43. The minimum absolute atomic E-state index is 0.147. The maximum absolute atomic E-state index is 12.1. The van der Waals surface area contributed by atoms with E-state index in [1.165, 1.54) is 42.5 Å². The molecular formula is C15H9N3O5. The molecule has 0 saturated heterocycles. The Balaban J connectivity index is 2.16. The number of rotatable bonds is 3. The van der Waals surface area contributed by atoms with Crippen molar-refractivity contribution in [3.63, 3.8) is 0 Å². The lowest BCUT2D eigenvalue weighted by molar-refractivity contribution is -0.385. The monoisotopic (exact) mass is 311 g/mol. The summed E-state index contributed by atoms with van der Waals surface area (Å²) in [5.74, 6) is -0.460. The van der Waals surface area contributed by atoms with Crippen molar-refractivity contribution < 1.29 is 14.6 Å². The molecule has 0 aromatic heterocycles. The SMILES string of the molecule is O=C1Nc2ccc([N+](=O)[O-])cc2/C1=C\c1ccccc1[N+](=O)[O-]. The number of carbonyl (C=O) groups excluding carboxylic acids is 1. The lowest BCUT2D eigenvalue weighted by Crippen LogP contribution is -2.03. The Morgan fingerprint density at radius 2 is 1.74 bits per heavy atom. The fourth-order valence-corrected chi connectivity index (χ4v) is 2.36. The molecule has 8 nitrogen and oxygen atoms in total. The van der Waals surface area contributed by atoms with E-state index in [1.807, 2.05) is 0 Å². The predicted molar refractivity (Wildman–Crippen MR) is 82.7 cm³/mol. The standard InChI is InChI=1S/C15H9N3O5/c19-15-12(7-9-3-1-2-4-14(9)18(22)23)11-8-10(17(20)21)5-6-13(11)16-15/h1-8H,(H,16,19)/b12-7+. The highest BCUT2D eigenvalue weighted by molar-refractivity contribution is 6.35. The van der Waals surface area contributed by atoms with E-state index < -0.39 is 15.8 Å². The lowest BCUT2D eigenvalue weighted by atomic mass is 10.0. The van der Waals surface area contributed by atoms with Crippen LogP contribution in [-0.4, -0.2) is 15.8 Å². The molecule has 0 unspecified atom stereocenters.